The Balaban J connectivity index is 1.75. The van der Waals surface area contributed by atoms with Gasteiger partial charge in [-0.1, -0.05) is 18.6 Å². The molecule has 10 heteroatoms. The average molecular weight is 464 g/mol. The molecule has 2 heterocycles. The molecule has 0 radical (unpaired) electrons. The summed E-state index contributed by atoms with van der Waals surface area (Å²) in [4.78, 5) is 37.2. The number of thiophene rings is 1. The number of carbonyl (C=O) groups is 3. The fourth-order valence-corrected chi connectivity index (χ4v) is 6.35. The average Bonchev–Trinajstić information content (AvgIpc) is 3.29. The van der Waals surface area contributed by atoms with E-state index in [0.29, 0.717) is 5.69 Å². The molecule has 1 aliphatic heterocycles. The number of nitrogens with one attached hydrogen (secondary N) is 3. The maximum Gasteiger partial charge on any atom is 0.407 e. The summed E-state index contributed by atoms with van der Waals surface area (Å²) in [5.41, 5.74) is 3.30. The van der Waals surface area contributed by atoms with Crippen LogP contribution >= 0.6 is 23.1 Å². The number of carbonyl (C=O) groups excluding carboxylic acids is 3. The summed E-state index contributed by atoms with van der Waals surface area (Å²) in [6.45, 7) is -0.375. The molecule has 1 aromatic heterocycles. The first-order valence-electron chi connectivity index (χ1n) is 9.88. The largest absolute Gasteiger partial charge is 0.439 e. The molecule has 3 amide bonds. The van der Waals surface area contributed by atoms with E-state index in [1.807, 2.05) is 30.3 Å². The van der Waals surface area contributed by atoms with Crippen LogP contribution in [0.25, 0.3) is 10.4 Å². The molecule has 0 aliphatic carbocycles. The van der Waals surface area contributed by atoms with Crippen molar-refractivity contribution in [2.45, 2.75) is 30.4 Å². The lowest BCUT2D eigenvalue weighted by Crippen LogP contribution is -2.32. The summed E-state index contributed by atoms with van der Waals surface area (Å²) in [5.74, 6) is 0.166. The van der Waals surface area contributed by atoms with E-state index in [4.69, 9.17) is 9.94 Å². The number of thioether (sulfide) groups is 1. The van der Waals surface area contributed by atoms with Gasteiger partial charge in [-0.25, -0.2) is 10.3 Å². The number of hydroxylamine groups is 1. The maximum absolute atomic E-state index is 12.0. The van der Waals surface area contributed by atoms with Gasteiger partial charge >= 0.3 is 6.09 Å². The van der Waals surface area contributed by atoms with Gasteiger partial charge in [0.1, 0.15) is 0 Å². The lowest BCUT2D eigenvalue weighted by Gasteiger charge is -2.35. The zero-order valence-electron chi connectivity index (χ0n) is 17.1. The molecule has 1 saturated heterocycles. The number of amides is 3. The van der Waals surface area contributed by atoms with Gasteiger partial charge in [0, 0.05) is 28.9 Å². The van der Waals surface area contributed by atoms with Crippen molar-refractivity contribution in [3.05, 3.63) is 41.3 Å². The summed E-state index contributed by atoms with van der Waals surface area (Å²) in [6.07, 6.45) is 2.61. The van der Waals surface area contributed by atoms with Crippen molar-refractivity contribution < 1.29 is 24.3 Å². The van der Waals surface area contributed by atoms with Gasteiger partial charge in [-0.2, -0.15) is 0 Å². The van der Waals surface area contributed by atoms with Crippen molar-refractivity contribution in [1.29, 1.82) is 0 Å². The van der Waals surface area contributed by atoms with E-state index in [2.05, 4.69) is 10.6 Å². The van der Waals surface area contributed by atoms with Gasteiger partial charge in [-0.3, -0.25) is 14.8 Å². The second-order valence-corrected chi connectivity index (χ2v) is 9.69. The minimum absolute atomic E-state index is 0.232. The van der Waals surface area contributed by atoms with Crippen LogP contribution in [0.4, 0.5) is 10.5 Å². The van der Waals surface area contributed by atoms with Crippen LogP contribution in [0.2, 0.25) is 0 Å². The van der Waals surface area contributed by atoms with Gasteiger partial charge in [0.2, 0.25) is 5.91 Å². The number of hydrogen-bond donors (Lipinski definition) is 4. The highest BCUT2D eigenvalue weighted by Crippen LogP contribution is 2.50. The minimum Gasteiger partial charge on any atom is -0.439 e. The summed E-state index contributed by atoms with van der Waals surface area (Å²) in [6, 6.07) is 11.5. The van der Waals surface area contributed by atoms with Gasteiger partial charge in [-0.15, -0.1) is 23.1 Å². The molecular weight excluding hydrogens is 438 g/mol. The van der Waals surface area contributed by atoms with Crippen LogP contribution in [-0.4, -0.2) is 42.5 Å². The summed E-state index contributed by atoms with van der Waals surface area (Å²) >= 11 is 3.39. The Hall–Kier alpha value is -2.56. The first-order valence-corrected chi connectivity index (χ1v) is 11.7. The minimum atomic E-state index is -0.667. The number of ether oxygens (including phenoxy) is 1. The quantitative estimate of drug-likeness (QED) is 0.367. The number of alkyl carbamates (subject to hydrolysis) is 1. The first kappa shape index (κ1) is 23.1. The number of anilines is 1. The second kappa shape index (κ2) is 10.7. The highest BCUT2D eigenvalue weighted by Gasteiger charge is 2.38. The zero-order valence-corrected chi connectivity index (χ0v) is 18.7. The standard InChI is InChI=1S/C21H25N3O5S2/c1-22-20(27)29-13-19(26)23-15-6-4-5-14(11-15)16-7-8-17(31-16)21(12-18(25)24-28)9-2-3-10-30-21/h4-8,11,28H,2-3,9-10,12-13H2,1H3,(H,22,27)(H,23,26)(H,24,25)/t21-/m0/s1. The molecule has 1 aliphatic rings. The molecule has 0 unspecified atom stereocenters. The normalized spacial score (nSPS) is 18.1. The third kappa shape index (κ3) is 5.99. The predicted molar refractivity (Wildman–Crippen MR) is 121 cm³/mol. The highest BCUT2D eigenvalue weighted by atomic mass is 32.2. The lowest BCUT2D eigenvalue weighted by atomic mass is 9.94. The molecule has 1 atom stereocenters. The van der Waals surface area contributed by atoms with Crippen LogP contribution in [0.3, 0.4) is 0 Å². The fraction of sp³-hybridized carbons (Fsp3) is 0.381. The molecule has 4 N–H and O–H groups in total. The van der Waals surface area contributed by atoms with E-state index in [9.17, 15) is 14.4 Å². The Kier molecular flexibility index (Phi) is 7.94. The van der Waals surface area contributed by atoms with Gasteiger partial charge in [0.25, 0.3) is 5.91 Å². The van der Waals surface area contributed by atoms with Crippen LogP contribution in [0, 0.1) is 0 Å². The highest BCUT2D eigenvalue weighted by molar-refractivity contribution is 8.00. The van der Waals surface area contributed by atoms with Gasteiger partial charge in [0.05, 0.1) is 4.75 Å². The number of hydrogen-bond acceptors (Lipinski definition) is 7. The third-order valence-electron chi connectivity index (χ3n) is 4.95. The van der Waals surface area contributed by atoms with Crippen LogP contribution in [-0.2, 0) is 19.1 Å². The molecule has 166 valence electrons. The number of rotatable bonds is 7. The van der Waals surface area contributed by atoms with Crippen molar-refractivity contribution in [3.8, 4) is 10.4 Å². The molecule has 1 fully saturated rings. The Morgan fingerprint density at radius 3 is 2.71 bits per heavy atom. The molecule has 0 saturated carbocycles. The van der Waals surface area contributed by atoms with Gasteiger partial charge < -0.3 is 15.4 Å². The van der Waals surface area contributed by atoms with Crippen LogP contribution < -0.4 is 16.1 Å². The Bertz CT molecular complexity index is 941. The van der Waals surface area contributed by atoms with Crippen molar-refractivity contribution in [2.24, 2.45) is 0 Å². The van der Waals surface area contributed by atoms with E-state index in [1.165, 1.54) is 7.05 Å². The van der Waals surface area contributed by atoms with Crippen LogP contribution in [0.15, 0.2) is 36.4 Å². The molecule has 3 rings (SSSR count). The molecule has 31 heavy (non-hydrogen) atoms. The van der Waals surface area contributed by atoms with E-state index in [-0.39, 0.29) is 23.7 Å². The Morgan fingerprint density at radius 1 is 1.16 bits per heavy atom. The third-order valence-corrected chi connectivity index (χ3v) is 8.03. The van der Waals surface area contributed by atoms with Gasteiger partial charge in [-0.05, 0) is 48.4 Å². The maximum atomic E-state index is 12.0. The molecule has 0 bridgehead atoms. The Labute approximate surface area is 188 Å². The predicted octanol–water partition coefficient (Wildman–Crippen LogP) is 3.72. The Morgan fingerprint density at radius 2 is 2.00 bits per heavy atom. The van der Waals surface area contributed by atoms with Crippen molar-refractivity contribution >= 4 is 46.7 Å². The molecule has 8 nitrogen and oxygen atoms in total. The van der Waals surface area contributed by atoms with Crippen LogP contribution in [0.1, 0.15) is 30.6 Å². The van der Waals surface area contributed by atoms with E-state index >= 15 is 0 Å². The smallest absolute Gasteiger partial charge is 0.407 e. The first-order chi connectivity index (χ1) is 15.0. The summed E-state index contributed by atoms with van der Waals surface area (Å²) in [5, 5.41) is 14.0. The van der Waals surface area contributed by atoms with Crippen LogP contribution in [0.5, 0.6) is 0 Å². The molecule has 1 aromatic carbocycles. The number of benzene rings is 1. The summed E-state index contributed by atoms with van der Waals surface area (Å²) < 4.78 is 4.41. The SMILES string of the molecule is CNC(=O)OCC(=O)Nc1cccc(-c2ccc([C@@]3(CC(=O)NO)CCCCS3)s2)c1. The van der Waals surface area contributed by atoms with Crippen molar-refractivity contribution in [1.82, 2.24) is 10.8 Å². The molecular formula is C21H25N3O5S2. The second-order valence-electron chi connectivity index (χ2n) is 7.13. The molecule has 0 spiro atoms. The van der Waals surface area contributed by atoms with E-state index < -0.39 is 12.0 Å². The van der Waals surface area contributed by atoms with E-state index in [1.54, 1.807) is 34.6 Å². The fourth-order valence-electron chi connectivity index (χ4n) is 3.46. The monoisotopic (exact) mass is 463 g/mol. The van der Waals surface area contributed by atoms with Crippen molar-refractivity contribution in [3.63, 3.8) is 0 Å². The molecule has 2 aromatic rings. The lowest BCUT2D eigenvalue weighted by molar-refractivity contribution is -0.129. The van der Waals surface area contributed by atoms with Crippen molar-refractivity contribution in [2.75, 3.05) is 24.7 Å². The van der Waals surface area contributed by atoms with Gasteiger partial charge in [0.15, 0.2) is 6.61 Å². The van der Waals surface area contributed by atoms with E-state index in [0.717, 1.165) is 40.3 Å². The summed E-state index contributed by atoms with van der Waals surface area (Å²) in [7, 11) is 1.42. The topological polar surface area (TPSA) is 117 Å². The zero-order chi connectivity index (χ0) is 22.3.